The maximum atomic E-state index is 5.64. The van der Waals surface area contributed by atoms with Gasteiger partial charge in [-0.05, 0) is 33.6 Å². The first-order valence-electron chi connectivity index (χ1n) is 4.57. The van der Waals surface area contributed by atoms with Crippen molar-refractivity contribution in [2.75, 3.05) is 6.61 Å². The van der Waals surface area contributed by atoms with Crippen LogP contribution in [0.2, 0.25) is 0 Å². The molecule has 12 heavy (non-hydrogen) atoms. The molecule has 0 N–H and O–H groups in total. The highest BCUT2D eigenvalue weighted by molar-refractivity contribution is 4.80. The lowest BCUT2D eigenvalue weighted by atomic mass is 10.2. The fraction of sp³-hybridized carbons (Fsp3) is 0.800. The highest BCUT2D eigenvalue weighted by Gasteiger charge is 2.31. The second-order valence-electron chi connectivity index (χ2n) is 3.60. The van der Waals surface area contributed by atoms with Gasteiger partial charge in [-0.15, -0.1) is 0 Å². The summed E-state index contributed by atoms with van der Waals surface area (Å²) in [4.78, 5) is 0. The van der Waals surface area contributed by atoms with Crippen LogP contribution < -0.4 is 0 Å². The molecule has 1 fully saturated rings. The number of hydrogen-bond acceptors (Lipinski definition) is 2. The zero-order valence-electron chi connectivity index (χ0n) is 8.17. The van der Waals surface area contributed by atoms with Gasteiger partial charge >= 0.3 is 0 Å². The number of hydrogen-bond donors (Lipinski definition) is 0. The molecule has 0 aliphatic carbocycles. The molecule has 1 saturated heterocycles. The van der Waals surface area contributed by atoms with Crippen LogP contribution >= 0.6 is 0 Å². The maximum absolute atomic E-state index is 5.64. The van der Waals surface area contributed by atoms with Crippen LogP contribution in [0.3, 0.4) is 0 Å². The number of allylic oxidation sites excluding steroid dienone is 2. The molecule has 0 aromatic rings. The van der Waals surface area contributed by atoms with E-state index in [1.54, 1.807) is 0 Å². The van der Waals surface area contributed by atoms with Gasteiger partial charge in [0.1, 0.15) is 0 Å². The van der Waals surface area contributed by atoms with E-state index in [1.807, 2.05) is 20.8 Å². The second kappa shape index (κ2) is 4.06. The Morgan fingerprint density at radius 2 is 2.25 bits per heavy atom. The Labute approximate surface area is 74.6 Å². The van der Waals surface area contributed by atoms with E-state index in [-0.39, 0.29) is 11.9 Å². The summed E-state index contributed by atoms with van der Waals surface area (Å²) in [6.07, 6.45) is 6.67. The van der Waals surface area contributed by atoms with Crippen molar-refractivity contribution in [3.8, 4) is 0 Å². The third-order valence-electron chi connectivity index (χ3n) is 1.96. The monoisotopic (exact) mass is 170 g/mol. The predicted octanol–water partition coefficient (Wildman–Crippen LogP) is 2.49. The van der Waals surface area contributed by atoms with E-state index in [0.29, 0.717) is 0 Å². The first-order valence-corrected chi connectivity index (χ1v) is 4.57. The van der Waals surface area contributed by atoms with E-state index >= 15 is 0 Å². The molecule has 1 atom stereocenters. The third-order valence-corrected chi connectivity index (χ3v) is 1.96. The van der Waals surface area contributed by atoms with Crippen LogP contribution in [-0.2, 0) is 9.47 Å². The van der Waals surface area contributed by atoms with Gasteiger partial charge in [0, 0.05) is 0 Å². The molecule has 1 rings (SSSR count). The van der Waals surface area contributed by atoms with Gasteiger partial charge in [0.2, 0.25) is 0 Å². The van der Waals surface area contributed by atoms with E-state index in [1.165, 1.54) is 0 Å². The number of ether oxygens (including phenoxy) is 2. The quantitative estimate of drug-likeness (QED) is 0.606. The SMILES string of the molecule is C/C=C/CC[C@H]1COC(C)(C)O1. The highest BCUT2D eigenvalue weighted by atomic mass is 16.7. The molecule has 1 aliphatic rings. The fourth-order valence-corrected chi connectivity index (χ4v) is 1.35. The molecule has 0 bridgehead atoms. The average Bonchev–Trinajstić information content (AvgIpc) is 2.31. The van der Waals surface area contributed by atoms with Crippen LogP contribution in [0, 0.1) is 0 Å². The van der Waals surface area contributed by atoms with E-state index in [0.717, 1.165) is 19.4 Å². The summed E-state index contributed by atoms with van der Waals surface area (Å²) < 4.78 is 11.1. The van der Waals surface area contributed by atoms with Gasteiger partial charge in [0.05, 0.1) is 12.7 Å². The average molecular weight is 170 g/mol. The Morgan fingerprint density at radius 3 is 2.75 bits per heavy atom. The van der Waals surface area contributed by atoms with Crippen molar-refractivity contribution < 1.29 is 9.47 Å². The molecule has 2 heteroatoms. The summed E-state index contributed by atoms with van der Waals surface area (Å²) in [5.41, 5.74) is 0. The van der Waals surface area contributed by atoms with Crippen LogP contribution in [0.4, 0.5) is 0 Å². The molecule has 70 valence electrons. The molecule has 1 heterocycles. The van der Waals surface area contributed by atoms with Gasteiger partial charge < -0.3 is 9.47 Å². The predicted molar refractivity (Wildman–Crippen MR) is 49.0 cm³/mol. The van der Waals surface area contributed by atoms with Crippen LogP contribution in [0.15, 0.2) is 12.2 Å². The van der Waals surface area contributed by atoms with E-state index in [2.05, 4.69) is 12.2 Å². The minimum Gasteiger partial charge on any atom is -0.348 e. The third kappa shape index (κ3) is 2.95. The topological polar surface area (TPSA) is 18.5 Å². The molecule has 2 nitrogen and oxygen atoms in total. The van der Waals surface area contributed by atoms with E-state index in [9.17, 15) is 0 Å². The Balaban J connectivity index is 2.19. The molecule has 1 aliphatic heterocycles. The summed E-state index contributed by atoms with van der Waals surface area (Å²) in [6, 6.07) is 0. The van der Waals surface area contributed by atoms with Crippen LogP contribution in [-0.4, -0.2) is 18.5 Å². The first kappa shape index (κ1) is 9.75. The zero-order valence-corrected chi connectivity index (χ0v) is 8.17. The smallest absolute Gasteiger partial charge is 0.163 e. The summed E-state index contributed by atoms with van der Waals surface area (Å²) in [5, 5.41) is 0. The summed E-state index contributed by atoms with van der Waals surface area (Å²) in [7, 11) is 0. The normalized spacial score (nSPS) is 28.4. The molecule has 0 spiro atoms. The van der Waals surface area contributed by atoms with Crippen LogP contribution in [0.25, 0.3) is 0 Å². The van der Waals surface area contributed by atoms with Crippen molar-refractivity contribution in [3.05, 3.63) is 12.2 Å². The van der Waals surface area contributed by atoms with Crippen molar-refractivity contribution in [1.29, 1.82) is 0 Å². The van der Waals surface area contributed by atoms with Crippen molar-refractivity contribution in [2.45, 2.75) is 45.5 Å². The molecule has 0 saturated carbocycles. The first-order chi connectivity index (χ1) is 5.64. The maximum Gasteiger partial charge on any atom is 0.163 e. The fourth-order valence-electron chi connectivity index (χ4n) is 1.35. The minimum absolute atomic E-state index is 0.288. The van der Waals surface area contributed by atoms with E-state index < -0.39 is 0 Å². The van der Waals surface area contributed by atoms with Gasteiger partial charge in [0.15, 0.2) is 5.79 Å². The lowest BCUT2D eigenvalue weighted by Crippen LogP contribution is -2.21. The van der Waals surface area contributed by atoms with Gasteiger partial charge in [-0.2, -0.15) is 0 Å². The van der Waals surface area contributed by atoms with Crippen LogP contribution in [0.1, 0.15) is 33.6 Å². The Kier molecular flexibility index (Phi) is 3.29. The molecular weight excluding hydrogens is 152 g/mol. The van der Waals surface area contributed by atoms with E-state index in [4.69, 9.17) is 9.47 Å². The highest BCUT2D eigenvalue weighted by Crippen LogP contribution is 2.24. The summed E-state index contributed by atoms with van der Waals surface area (Å²) in [6.45, 7) is 6.70. The van der Waals surface area contributed by atoms with Crippen LogP contribution in [0.5, 0.6) is 0 Å². The number of rotatable bonds is 3. The Bertz CT molecular complexity index is 161. The molecule has 0 aromatic heterocycles. The van der Waals surface area contributed by atoms with Crippen molar-refractivity contribution in [3.63, 3.8) is 0 Å². The Morgan fingerprint density at radius 1 is 1.50 bits per heavy atom. The van der Waals surface area contributed by atoms with Gasteiger partial charge in [-0.3, -0.25) is 0 Å². The molecule has 0 radical (unpaired) electrons. The summed E-state index contributed by atoms with van der Waals surface area (Å²) >= 11 is 0. The molecular formula is C10H18O2. The van der Waals surface area contributed by atoms with Gasteiger partial charge in [0.25, 0.3) is 0 Å². The summed E-state index contributed by atoms with van der Waals surface area (Å²) in [5.74, 6) is -0.361. The van der Waals surface area contributed by atoms with Gasteiger partial charge in [-0.1, -0.05) is 12.2 Å². The lowest BCUT2D eigenvalue weighted by molar-refractivity contribution is -0.138. The lowest BCUT2D eigenvalue weighted by Gasteiger charge is -2.16. The van der Waals surface area contributed by atoms with Crippen molar-refractivity contribution in [1.82, 2.24) is 0 Å². The Hall–Kier alpha value is -0.340. The molecule has 0 aromatic carbocycles. The van der Waals surface area contributed by atoms with Gasteiger partial charge in [-0.25, -0.2) is 0 Å². The zero-order chi connectivity index (χ0) is 9.03. The minimum atomic E-state index is -0.361. The standard InChI is InChI=1S/C10H18O2/c1-4-5-6-7-9-8-11-10(2,3)12-9/h4-5,9H,6-8H2,1-3H3/b5-4+/t9-/m0/s1. The van der Waals surface area contributed by atoms with Crippen molar-refractivity contribution in [2.24, 2.45) is 0 Å². The molecule has 0 amide bonds. The largest absolute Gasteiger partial charge is 0.348 e. The molecule has 0 unspecified atom stereocenters. The second-order valence-corrected chi connectivity index (χ2v) is 3.60. The van der Waals surface area contributed by atoms with Crippen molar-refractivity contribution >= 4 is 0 Å².